The van der Waals surface area contributed by atoms with Crippen molar-refractivity contribution in [1.29, 1.82) is 10.5 Å². The lowest BCUT2D eigenvalue weighted by molar-refractivity contribution is -0.0493. The van der Waals surface area contributed by atoms with Gasteiger partial charge in [0.2, 0.25) is 5.71 Å². The minimum atomic E-state index is -2.96. The fourth-order valence-corrected chi connectivity index (χ4v) is 0.949. The number of hydrogen-bond donors (Lipinski definition) is 1. The number of benzene rings is 1. The summed E-state index contributed by atoms with van der Waals surface area (Å²) in [5, 5.41) is 20.3. The Morgan fingerprint density at radius 1 is 1.29 bits per heavy atom. The van der Waals surface area contributed by atoms with Crippen molar-refractivity contribution in [2.75, 3.05) is 5.43 Å². The number of anilines is 1. The van der Waals surface area contributed by atoms with E-state index in [1.807, 2.05) is 0 Å². The van der Waals surface area contributed by atoms with Gasteiger partial charge in [-0.25, -0.2) is 0 Å². The molecule has 0 unspecified atom stereocenters. The van der Waals surface area contributed by atoms with Gasteiger partial charge < -0.3 is 4.74 Å². The van der Waals surface area contributed by atoms with Gasteiger partial charge in [-0.15, -0.1) is 0 Å². The van der Waals surface area contributed by atoms with Gasteiger partial charge in [0.15, 0.2) is 5.75 Å². The zero-order chi connectivity index (χ0) is 12.7. The van der Waals surface area contributed by atoms with Crippen LogP contribution in [-0.4, -0.2) is 12.3 Å². The maximum Gasteiger partial charge on any atom is 0.387 e. The first-order chi connectivity index (χ1) is 8.17. The van der Waals surface area contributed by atoms with E-state index in [1.165, 1.54) is 30.3 Å². The first-order valence-corrected chi connectivity index (χ1v) is 4.35. The summed E-state index contributed by atoms with van der Waals surface area (Å²) in [5.74, 6) is -0.124. The normalized spacial score (nSPS) is 9.00. The highest BCUT2D eigenvalue weighted by Crippen LogP contribution is 2.25. The molecule has 0 heterocycles. The molecule has 0 saturated carbocycles. The summed E-state index contributed by atoms with van der Waals surface area (Å²) in [6.45, 7) is -2.96. The largest absolute Gasteiger partial charge is 0.433 e. The Hall–Kier alpha value is -2.67. The molecule has 0 spiro atoms. The zero-order valence-electron chi connectivity index (χ0n) is 8.39. The van der Waals surface area contributed by atoms with E-state index in [4.69, 9.17) is 10.5 Å². The molecule has 0 bridgehead atoms. The van der Waals surface area contributed by atoms with Gasteiger partial charge >= 0.3 is 6.61 Å². The molecule has 0 atom stereocenters. The summed E-state index contributed by atoms with van der Waals surface area (Å²) in [4.78, 5) is 0. The molecule has 86 valence electrons. The fourth-order valence-electron chi connectivity index (χ4n) is 0.949. The number of hydrazone groups is 1. The topological polar surface area (TPSA) is 81.2 Å². The number of rotatable bonds is 4. The van der Waals surface area contributed by atoms with Gasteiger partial charge in [-0.05, 0) is 12.1 Å². The van der Waals surface area contributed by atoms with Crippen LogP contribution in [0, 0.1) is 22.7 Å². The van der Waals surface area contributed by atoms with Crippen LogP contribution < -0.4 is 10.2 Å². The summed E-state index contributed by atoms with van der Waals surface area (Å²) in [6.07, 6.45) is 0. The third kappa shape index (κ3) is 3.76. The first-order valence-electron chi connectivity index (χ1n) is 4.35. The van der Waals surface area contributed by atoms with Crippen LogP contribution in [0.5, 0.6) is 5.75 Å². The van der Waals surface area contributed by atoms with E-state index in [0.29, 0.717) is 0 Å². The van der Waals surface area contributed by atoms with Crippen molar-refractivity contribution in [1.82, 2.24) is 0 Å². The van der Waals surface area contributed by atoms with Crippen LogP contribution >= 0.6 is 0 Å². The standard InChI is InChI=1S/C10H6F2N4O/c11-10(12)17-9-4-2-1-3-8(9)16-15-7(5-13)6-14/h1-4,10,16H. The maximum atomic E-state index is 12.0. The molecule has 0 aliphatic carbocycles. The Morgan fingerprint density at radius 2 is 1.94 bits per heavy atom. The second-order valence-corrected chi connectivity index (χ2v) is 2.67. The number of para-hydroxylation sites is 2. The molecule has 5 nitrogen and oxygen atoms in total. The maximum absolute atomic E-state index is 12.0. The predicted octanol–water partition coefficient (Wildman–Crippen LogP) is 2.10. The van der Waals surface area contributed by atoms with Gasteiger partial charge in [0.25, 0.3) is 0 Å². The van der Waals surface area contributed by atoms with Crippen LogP contribution in [0.4, 0.5) is 14.5 Å². The number of nitrogens with zero attached hydrogens (tertiary/aromatic N) is 3. The molecule has 0 aliphatic heterocycles. The number of halogens is 2. The van der Waals surface area contributed by atoms with E-state index in [9.17, 15) is 8.78 Å². The van der Waals surface area contributed by atoms with Crippen molar-refractivity contribution in [3.63, 3.8) is 0 Å². The Kier molecular flexibility index (Phi) is 4.40. The molecule has 1 aromatic rings. The Balaban J connectivity index is 2.89. The van der Waals surface area contributed by atoms with E-state index in [-0.39, 0.29) is 11.4 Å². The Morgan fingerprint density at radius 3 is 2.53 bits per heavy atom. The minimum absolute atomic E-state index is 0.124. The van der Waals surface area contributed by atoms with Gasteiger partial charge in [0.1, 0.15) is 12.1 Å². The quantitative estimate of drug-likeness (QED) is 0.641. The van der Waals surface area contributed by atoms with Crippen molar-refractivity contribution in [2.24, 2.45) is 5.10 Å². The van der Waals surface area contributed by atoms with Gasteiger partial charge in [-0.1, -0.05) is 12.1 Å². The SMILES string of the molecule is N#CC(C#N)=NNc1ccccc1OC(F)F. The Bertz CT molecular complexity index is 486. The molecular weight excluding hydrogens is 230 g/mol. The van der Waals surface area contributed by atoms with Crippen molar-refractivity contribution in [3.8, 4) is 17.9 Å². The third-order valence-corrected chi connectivity index (χ3v) is 1.60. The predicted molar refractivity (Wildman–Crippen MR) is 55.4 cm³/mol. The molecule has 0 aromatic heterocycles. The third-order valence-electron chi connectivity index (χ3n) is 1.60. The second-order valence-electron chi connectivity index (χ2n) is 2.67. The first kappa shape index (κ1) is 12.4. The lowest BCUT2D eigenvalue weighted by atomic mass is 10.3. The Labute approximate surface area is 95.5 Å². The molecule has 0 saturated heterocycles. The minimum Gasteiger partial charge on any atom is -0.433 e. The van der Waals surface area contributed by atoms with E-state index in [2.05, 4.69) is 15.3 Å². The molecule has 7 heteroatoms. The average Bonchev–Trinajstić information content (AvgIpc) is 2.31. The average molecular weight is 236 g/mol. The number of nitriles is 2. The van der Waals surface area contributed by atoms with Crippen LogP contribution in [0.3, 0.4) is 0 Å². The van der Waals surface area contributed by atoms with Crippen molar-refractivity contribution in [2.45, 2.75) is 6.61 Å². The highest BCUT2D eigenvalue weighted by atomic mass is 19.3. The molecule has 0 amide bonds. The number of hydrogen-bond acceptors (Lipinski definition) is 5. The zero-order valence-corrected chi connectivity index (χ0v) is 8.39. The molecule has 0 radical (unpaired) electrons. The van der Waals surface area contributed by atoms with E-state index in [0.717, 1.165) is 0 Å². The van der Waals surface area contributed by atoms with Gasteiger partial charge in [-0.3, -0.25) is 5.43 Å². The van der Waals surface area contributed by atoms with Crippen LogP contribution in [-0.2, 0) is 0 Å². The van der Waals surface area contributed by atoms with Crippen molar-refractivity contribution < 1.29 is 13.5 Å². The van der Waals surface area contributed by atoms with Crippen molar-refractivity contribution in [3.05, 3.63) is 24.3 Å². The molecule has 0 aliphatic rings. The van der Waals surface area contributed by atoms with E-state index >= 15 is 0 Å². The highest BCUT2D eigenvalue weighted by molar-refractivity contribution is 6.10. The number of ether oxygens (including phenoxy) is 1. The molecule has 17 heavy (non-hydrogen) atoms. The lowest BCUT2D eigenvalue weighted by Crippen LogP contribution is -2.05. The van der Waals surface area contributed by atoms with Crippen LogP contribution in [0.15, 0.2) is 29.4 Å². The molecule has 0 fully saturated rings. The lowest BCUT2D eigenvalue weighted by Gasteiger charge is -2.08. The number of alkyl halides is 2. The van der Waals surface area contributed by atoms with Gasteiger partial charge in [-0.2, -0.15) is 24.4 Å². The summed E-state index contributed by atoms with van der Waals surface area (Å²) in [6, 6.07) is 8.84. The summed E-state index contributed by atoms with van der Waals surface area (Å²) in [7, 11) is 0. The number of nitrogens with one attached hydrogen (secondary N) is 1. The van der Waals surface area contributed by atoms with Crippen LogP contribution in [0.25, 0.3) is 0 Å². The smallest absolute Gasteiger partial charge is 0.387 e. The highest BCUT2D eigenvalue weighted by Gasteiger charge is 2.08. The molecule has 1 N–H and O–H groups in total. The molecular formula is C10H6F2N4O. The van der Waals surface area contributed by atoms with E-state index in [1.54, 1.807) is 6.07 Å². The summed E-state index contributed by atoms with van der Waals surface area (Å²) < 4.78 is 28.3. The second kappa shape index (κ2) is 6.03. The van der Waals surface area contributed by atoms with Crippen LogP contribution in [0.2, 0.25) is 0 Å². The van der Waals surface area contributed by atoms with Crippen LogP contribution in [0.1, 0.15) is 0 Å². The molecule has 1 aromatic carbocycles. The summed E-state index contributed by atoms with van der Waals surface area (Å²) in [5.41, 5.74) is 2.02. The van der Waals surface area contributed by atoms with Gasteiger partial charge in [0.05, 0.1) is 5.69 Å². The summed E-state index contributed by atoms with van der Waals surface area (Å²) >= 11 is 0. The van der Waals surface area contributed by atoms with Crippen molar-refractivity contribution >= 4 is 11.4 Å². The van der Waals surface area contributed by atoms with E-state index < -0.39 is 12.3 Å². The fraction of sp³-hybridized carbons (Fsp3) is 0.100. The molecule has 1 rings (SSSR count). The monoisotopic (exact) mass is 236 g/mol. The van der Waals surface area contributed by atoms with Gasteiger partial charge in [0, 0.05) is 0 Å².